The Bertz CT molecular complexity index is 571. The Balaban J connectivity index is 2.23. The van der Waals surface area contributed by atoms with Gasteiger partial charge in [-0.2, -0.15) is 0 Å². The van der Waals surface area contributed by atoms with Crippen LogP contribution < -0.4 is 5.73 Å². The SMILES string of the molecule is CC(C)N(CCCO)Cc1nc(N)c2ccccc2n1. The lowest BCUT2D eigenvalue weighted by Crippen LogP contribution is -2.32. The van der Waals surface area contributed by atoms with Gasteiger partial charge in [-0.3, -0.25) is 4.90 Å². The number of aliphatic hydroxyl groups is 1. The van der Waals surface area contributed by atoms with Crippen LogP contribution in [0.1, 0.15) is 26.1 Å². The summed E-state index contributed by atoms with van der Waals surface area (Å²) in [5.41, 5.74) is 6.88. The summed E-state index contributed by atoms with van der Waals surface area (Å²) in [6, 6.07) is 8.14. The quantitative estimate of drug-likeness (QED) is 0.840. The van der Waals surface area contributed by atoms with E-state index in [4.69, 9.17) is 10.8 Å². The standard InChI is InChI=1S/C15H22N4O/c1-11(2)19(8-5-9-20)10-14-17-13-7-4-3-6-12(13)15(16)18-14/h3-4,6-7,11,20H,5,8-10H2,1-2H3,(H2,16,17,18). The second-order valence-electron chi connectivity index (χ2n) is 5.18. The van der Waals surface area contributed by atoms with E-state index in [2.05, 4.69) is 28.7 Å². The largest absolute Gasteiger partial charge is 0.396 e. The van der Waals surface area contributed by atoms with E-state index in [-0.39, 0.29) is 6.61 Å². The second kappa shape index (κ2) is 6.63. The average molecular weight is 274 g/mol. The molecule has 0 bridgehead atoms. The maximum absolute atomic E-state index is 8.97. The molecule has 0 radical (unpaired) electrons. The summed E-state index contributed by atoms with van der Waals surface area (Å²) in [4.78, 5) is 11.2. The fourth-order valence-electron chi connectivity index (χ4n) is 2.20. The Labute approximate surface area is 119 Å². The molecule has 1 heterocycles. The van der Waals surface area contributed by atoms with Gasteiger partial charge in [0.15, 0.2) is 0 Å². The number of hydrogen-bond donors (Lipinski definition) is 2. The molecule has 5 heteroatoms. The van der Waals surface area contributed by atoms with Gasteiger partial charge in [-0.1, -0.05) is 12.1 Å². The molecule has 3 N–H and O–H groups in total. The van der Waals surface area contributed by atoms with Crippen molar-refractivity contribution < 1.29 is 5.11 Å². The molecule has 0 spiro atoms. The molecule has 2 aromatic rings. The van der Waals surface area contributed by atoms with E-state index >= 15 is 0 Å². The first-order chi connectivity index (χ1) is 9.61. The summed E-state index contributed by atoms with van der Waals surface area (Å²) in [7, 11) is 0. The van der Waals surface area contributed by atoms with E-state index in [0.29, 0.717) is 18.4 Å². The number of rotatable bonds is 6. The zero-order valence-corrected chi connectivity index (χ0v) is 12.1. The minimum atomic E-state index is 0.198. The molecular formula is C15H22N4O. The molecule has 0 amide bonds. The first kappa shape index (κ1) is 14.7. The lowest BCUT2D eigenvalue weighted by Gasteiger charge is -2.25. The Kier molecular flexibility index (Phi) is 4.87. The predicted molar refractivity (Wildman–Crippen MR) is 81.2 cm³/mol. The molecule has 20 heavy (non-hydrogen) atoms. The molecule has 0 saturated carbocycles. The summed E-state index contributed by atoms with van der Waals surface area (Å²) in [5.74, 6) is 1.25. The summed E-state index contributed by atoms with van der Waals surface area (Å²) in [5, 5.41) is 9.86. The predicted octanol–water partition coefficient (Wildman–Crippen LogP) is 1.80. The van der Waals surface area contributed by atoms with E-state index < -0.39 is 0 Å². The van der Waals surface area contributed by atoms with Crippen LogP contribution in [0.3, 0.4) is 0 Å². The van der Waals surface area contributed by atoms with Crippen LogP contribution in [-0.2, 0) is 6.54 Å². The van der Waals surface area contributed by atoms with Crippen molar-refractivity contribution in [2.45, 2.75) is 32.9 Å². The normalized spacial score (nSPS) is 11.7. The highest BCUT2D eigenvalue weighted by Crippen LogP contribution is 2.18. The summed E-state index contributed by atoms with van der Waals surface area (Å²) < 4.78 is 0. The van der Waals surface area contributed by atoms with Crippen LogP contribution in [0.4, 0.5) is 5.82 Å². The van der Waals surface area contributed by atoms with Gasteiger partial charge in [-0.15, -0.1) is 0 Å². The number of nitrogens with two attached hydrogens (primary N) is 1. The van der Waals surface area contributed by atoms with Crippen molar-refractivity contribution in [1.82, 2.24) is 14.9 Å². The number of nitrogens with zero attached hydrogens (tertiary/aromatic N) is 3. The highest BCUT2D eigenvalue weighted by atomic mass is 16.3. The molecular weight excluding hydrogens is 252 g/mol. The smallest absolute Gasteiger partial charge is 0.145 e. The highest BCUT2D eigenvalue weighted by Gasteiger charge is 2.13. The van der Waals surface area contributed by atoms with Gasteiger partial charge in [-0.05, 0) is 32.4 Å². The van der Waals surface area contributed by atoms with Gasteiger partial charge < -0.3 is 10.8 Å². The van der Waals surface area contributed by atoms with Crippen molar-refractivity contribution in [2.24, 2.45) is 0 Å². The van der Waals surface area contributed by atoms with Crippen LogP contribution in [0.5, 0.6) is 0 Å². The first-order valence-electron chi connectivity index (χ1n) is 6.98. The monoisotopic (exact) mass is 274 g/mol. The third-order valence-electron chi connectivity index (χ3n) is 3.36. The van der Waals surface area contributed by atoms with Crippen LogP contribution in [0.2, 0.25) is 0 Å². The van der Waals surface area contributed by atoms with Crippen LogP contribution in [0.25, 0.3) is 10.9 Å². The molecule has 0 fully saturated rings. The van der Waals surface area contributed by atoms with E-state index in [0.717, 1.165) is 29.7 Å². The number of aliphatic hydroxyl groups excluding tert-OH is 1. The Morgan fingerprint density at radius 1 is 1.25 bits per heavy atom. The van der Waals surface area contributed by atoms with Gasteiger partial charge in [-0.25, -0.2) is 9.97 Å². The van der Waals surface area contributed by atoms with E-state index in [9.17, 15) is 0 Å². The third kappa shape index (κ3) is 3.43. The molecule has 1 aromatic heterocycles. The van der Waals surface area contributed by atoms with Gasteiger partial charge in [0.1, 0.15) is 11.6 Å². The van der Waals surface area contributed by atoms with Crippen LogP contribution in [0, 0.1) is 0 Å². The Hall–Kier alpha value is -1.72. The zero-order valence-electron chi connectivity index (χ0n) is 12.1. The molecule has 1 aromatic carbocycles. The molecule has 0 unspecified atom stereocenters. The maximum atomic E-state index is 8.97. The van der Waals surface area contributed by atoms with Crippen LogP contribution in [-0.4, -0.2) is 39.2 Å². The molecule has 0 saturated heterocycles. The summed E-state index contributed by atoms with van der Waals surface area (Å²) >= 11 is 0. The number of benzene rings is 1. The van der Waals surface area contributed by atoms with Crippen LogP contribution >= 0.6 is 0 Å². The van der Waals surface area contributed by atoms with Crippen molar-refractivity contribution in [3.05, 3.63) is 30.1 Å². The minimum absolute atomic E-state index is 0.198. The molecule has 5 nitrogen and oxygen atoms in total. The Morgan fingerprint density at radius 2 is 2.00 bits per heavy atom. The van der Waals surface area contributed by atoms with Gasteiger partial charge in [0.2, 0.25) is 0 Å². The van der Waals surface area contributed by atoms with Crippen molar-refractivity contribution in [3.8, 4) is 0 Å². The van der Waals surface area contributed by atoms with Crippen LogP contribution in [0.15, 0.2) is 24.3 Å². The third-order valence-corrected chi connectivity index (χ3v) is 3.36. The van der Waals surface area contributed by atoms with E-state index in [1.165, 1.54) is 0 Å². The van der Waals surface area contributed by atoms with Gasteiger partial charge in [0.25, 0.3) is 0 Å². The molecule has 0 aliphatic heterocycles. The zero-order chi connectivity index (χ0) is 14.5. The second-order valence-corrected chi connectivity index (χ2v) is 5.18. The number of para-hydroxylation sites is 1. The summed E-state index contributed by atoms with van der Waals surface area (Å²) in [6.45, 7) is 5.92. The molecule has 0 aliphatic rings. The lowest BCUT2D eigenvalue weighted by atomic mass is 10.2. The number of nitrogen functional groups attached to an aromatic ring is 1. The fraction of sp³-hybridized carbons (Fsp3) is 0.467. The van der Waals surface area contributed by atoms with Crippen molar-refractivity contribution in [3.63, 3.8) is 0 Å². The number of fused-ring (bicyclic) bond motifs is 1. The van der Waals surface area contributed by atoms with Gasteiger partial charge in [0.05, 0.1) is 12.1 Å². The maximum Gasteiger partial charge on any atom is 0.145 e. The number of anilines is 1. The average Bonchev–Trinajstić information content (AvgIpc) is 2.43. The molecule has 108 valence electrons. The van der Waals surface area contributed by atoms with Gasteiger partial charge in [0, 0.05) is 24.6 Å². The molecule has 2 rings (SSSR count). The van der Waals surface area contributed by atoms with Crippen molar-refractivity contribution in [2.75, 3.05) is 18.9 Å². The molecule has 0 atom stereocenters. The molecule has 0 aliphatic carbocycles. The van der Waals surface area contributed by atoms with Crippen molar-refractivity contribution >= 4 is 16.7 Å². The lowest BCUT2D eigenvalue weighted by molar-refractivity contribution is 0.181. The Morgan fingerprint density at radius 3 is 2.70 bits per heavy atom. The van der Waals surface area contributed by atoms with E-state index in [1.807, 2.05) is 24.3 Å². The van der Waals surface area contributed by atoms with Crippen molar-refractivity contribution in [1.29, 1.82) is 0 Å². The summed E-state index contributed by atoms with van der Waals surface area (Å²) in [6.07, 6.45) is 0.751. The number of hydrogen-bond acceptors (Lipinski definition) is 5. The highest BCUT2D eigenvalue weighted by molar-refractivity contribution is 5.87. The van der Waals surface area contributed by atoms with E-state index in [1.54, 1.807) is 0 Å². The fourth-order valence-corrected chi connectivity index (χ4v) is 2.20. The van der Waals surface area contributed by atoms with Gasteiger partial charge >= 0.3 is 0 Å². The first-order valence-corrected chi connectivity index (χ1v) is 6.98. The topological polar surface area (TPSA) is 75.3 Å². The minimum Gasteiger partial charge on any atom is -0.396 e. The number of aromatic nitrogens is 2.